The van der Waals surface area contributed by atoms with Crippen molar-refractivity contribution in [2.75, 3.05) is 6.26 Å². The predicted molar refractivity (Wildman–Crippen MR) is 125 cm³/mol. The van der Waals surface area contributed by atoms with E-state index in [9.17, 15) is 8.42 Å². The number of nitrogens with zero attached hydrogens (tertiary/aromatic N) is 2. The fourth-order valence-corrected chi connectivity index (χ4v) is 7.25. The molecule has 2 saturated heterocycles. The van der Waals surface area contributed by atoms with E-state index in [0.29, 0.717) is 16.3 Å². The van der Waals surface area contributed by atoms with Gasteiger partial charge in [-0.2, -0.15) is 4.31 Å². The summed E-state index contributed by atoms with van der Waals surface area (Å²) in [6.45, 7) is 0.753. The van der Waals surface area contributed by atoms with E-state index >= 15 is 0 Å². The van der Waals surface area contributed by atoms with Crippen LogP contribution in [0.25, 0.3) is 10.2 Å². The predicted octanol–water partition coefficient (Wildman–Crippen LogP) is 4.79. The molecule has 3 aromatic rings. The van der Waals surface area contributed by atoms with Crippen LogP contribution in [0.15, 0.2) is 42.5 Å². The number of benzene rings is 2. The first-order chi connectivity index (χ1) is 14.8. The minimum absolute atomic E-state index is 0.144. The quantitative estimate of drug-likeness (QED) is 0.552. The van der Waals surface area contributed by atoms with Gasteiger partial charge in [0, 0.05) is 29.7 Å². The second kappa shape index (κ2) is 8.33. The number of sulfonamides is 1. The summed E-state index contributed by atoms with van der Waals surface area (Å²) in [6.07, 6.45) is 5.04. The Balaban J connectivity index is 1.17. The Labute approximate surface area is 191 Å². The summed E-state index contributed by atoms with van der Waals surface area (Å²) in [5, 5.41) is 4.87. The van der Waals surface area contributed by atoms with Crippen LogP contribution in [-0.2, 0) is 16.6 Å². The maximum atomic E-state index is 12.0. The highest BCUT2D eigenvalue weighted by molar-refractivity contribution is 7.88. The van der Waals surface area contributed by atoms with Crippen LogP contribution >= 0.6 is 22.9 Å². The van der Waals surface area contributed by atoms with Gasteiger partial charge in [0.05, 0.1) is 16.5 Å². The molecule has 2 aliphatic rings. The Kier molecular flexibility index (Phi) is 5.68. The molecule has 2 aromatic carbocycles. The number of nitrogens with one attached hydrogen (secondary N) is 1. The summed E-state index contributed by atoms with van der Waals surface area (Å²) in [5.41, 5.74) is 2.01. The van der Waals surface area contributed by atoms with E-state index in [2.05, 4.69) is 10.3 Å². The number of piperidine rings is 1. The van der Waals surface area contributed by atoms with Gasteiger partial charge in [-0.1, -0.05) is 35.1 Å². The van der Waals surface area contributed by atoms with Gasteiger partial charge in [0.15, 0.2) is 0 Å². The average molecular weight is 478 g/mol. The van der Waals surface area contributed by atoms with Crippen LogP contribution in [0.1, 0.15) is 31.2 Å². The van der Waals surface area contributed by atoms with E-state index < -0.39 is 10.0 Å². The van der Waals surface area contributed by atoms with Crippen molar-refractivity contribution < 1.29 is 13.2 Å². The second-order valence-electron chi connectivity index (χ2n) is 8.36. The Morgan fingerprint density at radius 2 is 1.87 bits per heavy atom. The minimum atomic E-state index is -3.11. The Hall–Kier alpha value is -1.71. The van der Waals surface area contributed by atoms with Gasteiger partial charge >= 0.3 is 0 Å². The van der Waals surface area contributed by atoms with Gasteiger partial charge in [-0.3, -0.25) is 0 Å². The van der Waals surface area contributed by atoms with Crippen molar-refractivity contribution in [2.45, 2.75) is 50.4 Å². The molecule has 1 N–H and O–H groups in total. The van der Waals surface area contributed by atoms with Crippen molar-refractivity contribution in [1.82, 2.24) is 14.6 Å². The first kappa shape index (κ1) is 21.2. The number of rotatable bonds is 6. The summed E-state index contributed by atoms with van der Waals surface area (Å²) in [6, 6.07) is 14.3. The first-order valence-electron chi connectivity index (χ1n) is 10.4. The minimum Gasteiger partial charge on any atom is -0.431 e. The lowest BCUT2D eigenvalue weighted by Crippen LogP contribution is -2.50. The van der Waals surface area contributed by atoms with Crippen LogP contribution in [-0.4, -0.2) is 42.1 Å². The summed E-state index contributed by atoms with van der Waals surface area (Å²) >= 11 is 7.52. The zero-order chi connectivity index (χ0) is 21.6. The van der Waals surface area contributed by atoms with Gasteiger partial charge in [0.25, 0.3) is 5.19 Å². The molecule has 0 saturated carbocycles. The molecule has 0 radical (unpaired) electrons. The SMILES string of the molecule is CS(=O)(=O)N1[C@@H]2CC[C@H]1C[C@H](NCc1ccc(Oc3nc4cc(Cl)ccc4s3)cc1)C2. The van der Waals surface area contributed by atoms with Crippen LogP contribution < -0.4 is 10.1 Å². The molecule has 2 fully saturated rings. The fourth-order valence-electron chi connectivity index (χ4n) is 4.80. The van der Waals surface area contributed by atoms with Crippen molar-refractivity contribution >= 4 is 43.2 Å². The van der Waals surface area contributed by atoms with Gasteiger partial charge in [0.1, 0.15) is 5.75 Å². The molecular formula is C22H24ClN3O3S2. The molecule has 1 aromatic heterocycles. The summed E-state index contributed by atoms with van der Waals surface area (Å²) < 4.78 is 32.8. The molecule has 0 spiro atoms. The van der Waals surface area contributed by atoms with E-state index in [-0.39, 0.29) is 12.1 Å². The van der Waals surface area contributed by atoms with Crippen molar-refractivity contribution in [3.63, 3.8) is 0 Å². The number of ether oxygens (including phenoxy) is 1. The largest absolute Gasteiger partial charge is 0.431 e. The van der Waals surface area contributed by atoms with Crippen molar-refractivity contribution in [2.24, 2.45) is 0 Å². The highest BCUT2D eigenvalue weighted by atomic mass is 35.5. The molecule has 9 heteroatoms. The van der Waals surface area contributed by atoms with Crippen molar-refractivity contribution in [3.05, 3.63) is 53.1 Å². The molecule has 0 aliphatic carbocycles. The van der Waals surface area contributed by atoms with Gasteiger partial charge in [-0.15, -0.1) is 0 Å². The molecule has 3 heterocycles. The lowest BCUT2D eigenvalue weighted by atomic mass is 9.99. The zero-order valence-corrected chi connectivity index (χ0v) is 19.5. The molecule has 2 bridgehead atoms. The third kappa shape index (κ3) is 4.59. The van der Waals surface area contributed by atoms with Crippen LogP contribution in [0.2, 0.25) is 5.02 Å². The number of hydrogen-bond donors (Lipinski definition) is 1. The first-order valence-corrected chi connectivity index (χ1v) is 13.4. The molecular weight excluding hydrogens is 454 g/mol. The topological polar surface area (TPSA) is 71.5 Å². The number of halogens is 1. The zero-order valence-electron chi connectivity index (χ0n) is 17.1. The van der Waals surface area contributed by atoms with Gasteiger partial charge < -0.3 is 10.1 Å². The van der Waals surface area contributed by atoms with Gasteiger partial charge in [-0.05, 0) is 61.6 Å². The molecule has 0 amide bonds. The Morgan fingerprint density at radius 1 is 1.16 bits per heavy atom. The molecule has 6 nitrogen and oxygen atoms in total. The summed E-state index contributed by atoms with van der Waals surface area (Å²) in [7, 11) is -3.11. The molecule has 31 heavy (non-hydrogen) atoms. The number of hydrogen-bond acceptors (Lipinski definition) is 6. The van der Waals surface area contributed by atoms with Gasteiger partial charge in [-0.25, -0.2) is 13.4 Å². The normalized spacial score (nSPS) is 24.0. The van der Waals surface area contributed by atoms with E-state index in [4.69, 9.17) is 16.3 Å². The van der Waals surface area contributed by atoms with Crippen molar-refractivity contribution in [1.29, 1.82) is 0 Å². The highest BCUT2D eigenvalue weighted by Gasteiger charge is 2.44. The van der Waals surface area contributed by atoms with E-state index in [1.165, 1.54) is 23.2 Å². The van der Waals surface area contributed by atoms with Gasteiger partial charge in [0.2, 0.25) is 10.0 Å². The molecule has 164 valence electrons. The second-order valence-corrected chi connectivity index (χ2v) is 11.7. The Bertz CT molecular complexity index is 1180. The van der Waals surface area contributed by atoms with Crippen LogP contribution in [0.4, 0.5) is 0 Å². The third-order valence-electron chi connectivity index (χ3n) is 6.10. The van der Waals surface area contributed by atoms with E-state index in [1.807, 2.05) is 42.5 Å². The fraction of sp³-hybridized carbons (Fsp3) is 0.409. The third-order valence-corrected chi connectivity index (χ3v) is 8.61. The highest BCUT2D eigenvalue weighted by Crippen LogP contribution is 2.37. The molecule has 5 rings (SSSR count). The molecule has 2 aliphatic heterocycles. The summed E-state index contributed by atoms with van der Waals surface area (Å²) in [4.78, 5) is 4.48. The van der Waals surface area contributed by atoms with Crippen LogP contribution in [0.5, 0.6) is 10.9 Å². The maximum Gasteiger partial charge on any atom is 0.279 e. The number of aromatic nitrogens is 1. The number of fused-ring (bicyclic) bond motifs is 3. The molecule has 3 atom stereocenters. The van der Waals surface area contributed by atoms with E-state index in [0.717, 1.165) is 48.2 Å². The molecule has 0 unspecified atom stereocenters. The standard InChI is InChI=1S/C22H24ClN3O3S2/c1-31(27,28)26-17-5-6-18(26)12-16(11-17)24-13-14-2-7-19(8-3-14)29-22-25-20-10-15(23)4-9-21(20)30-22/h2-4,7-10,16-18,24H,5-6,11-13H2,1H3/t16-,17-,18+. The smallest absolute Gasteiger partial charge is 0.279 e. The average Bonchev–Trinajstić information content (AvgIpc) is 3.24. The maximum absolute atomic E-state index is 12.0. The lowest BCUT2D eigenvalue weighted by molar-refractivity contribution is 0.207. The number of thiazole rings is 1. The van der Waals surface area contributed by atoms with Crippen molar-refractivity contribution in [3.8, 4) is 10.9 Å². The van der Waals surface area contributed by atoms with Crippen LogP contribution in [0, 0.1) is 0 Å². The van der Waals surface area contributed by atoms with E-state index in [1.54, 1.807) is 4.31 Å². The summed E-state index contributed by atoms with van der Waals surface area (Å²) in [5.74, 6) is 0.744. The monoisotopic (exact) mass is 477 g/mol. The lowest BCUT2D eigenvalue weighted by Gasteiger charge is -2.37. The Morgan fingerprint density at radius 3 is 2.55 bits per heavy atom. The van der Waals surface area contributed by atoms with Crippen LogP contribution in [0.3, 0.4) is 0 Å².